The number of halogens is 1. The highest BCUT2D eigenvalue weighted by Gasteiger charge is 2.22. The van der Waals surface area contributed by atoms with E-state index in [2.05, 4.69) is 14.9 Å². The van der Waals surface area contributed by atoms with Crippen LogP contribution in [0.15, 0.2) is 52.2 Å². The molecular weight excluding hydrogens is 422 g/mol. The molecule has 0 bridgehead atoms. The Bertz CT molecular complexity index is 1270. The maximum absolute atomic E-state index is 13.0. The summed E-state index contributed by atoms with van der Waals surface area (Å²) >= 11 is 6.14. The molecule has 0 amide bonds. The summed E-state index contributed by atoms with van der Waals surface area (Å²) in [6.07, 6.45) is 3.44. The molecule has 30 heavy (non-hydrogen) atoms. The monoisotopic (exact) mass is 443 g/mol. The van der Waals surface area contributed by atoms with E-state index in [-0.39, 0.29) is 17.0 Å². The van der Waals surface area contributed by atoms with Gasteiger partial charge in [0.05, 0.1) is 10.6 Å². The maximum Gasteiger partial charge on any atom is 0.267 e. The molecule has 0 radical (unpaired) electrons. The van der Waals surface area contributed by atoms with E-state index >= 15 is 0 Å². The molecule has 0 fully saturated rings. The van der Waals surface area contributed by atoms with Crippen LogP contribution in [0.4, 0.5) is 0 Å². The Hall–Kier alpha value is -2.48. The summed E-state index contributed by atoms with van der Waals surface area (Å²) < 4.78 is 28.7. The number of hydrogen-bond donors (Lipinski definition) is 2. The first-order valence-corrected chi connectivity index (χ1v) is 11.7. The third-order valence-electron chi connectivity index (χ3n) is 5.46. The number of sulfonamides is 1. The van der Waals surface area contributed by atoms with E-state index in [1.54, 1.807) is 37.3 Å². The number of aryl methyl sites for hydroxylation is 1. The van der Waals surface area contributed by atoms with E-state index in [0.717, 1.165) is 36.8 Å². The molecule has 0 saturated carbocycles. The number of hydrogen-bond acceptors (Lipinski definition) is 4. The SMILES string of the molecule is Cc1ccc(-c2n[nH]c(=O)c3c2CCCC3)cc1S(=O)(=O)NCc1ccccc1Cl. The van der Waals surface area contributed by atoms with Gasteiger partial charge in [-0.15, -0.1) is 0 Å². The molecule has 3 aromatic rings. The molecule has 4 rings (SSSR count). The van der Waals surface area contributed by atoms with Gasteiger partial charge in [0.2, 0.25) is 10.0 Å². The van der Waals surface area contributed by atoms with Gasteiger partial charge in [-0.1, -0.05) is 41.9 Å². The second-order valence-corrected chi connectivity index (χ2v) is 9.60. The van der Waals surface area contributed by atoms with Gasteiger partial charge in [0.25, 0.3) is 5.56 Å². The van der Waals surface area contributed by atoms with Crippen LogP contribution >= 0.6 is 11.6 Å². The van der Waals surface area contributed by atoms with Crippen molar-refractivity contribution in [2.45, 2.75) is 44.0 Å². The molecule has 1 aromatic heterocycles. The largest absolute Gasteiger partial charge is 0.268 e. The molecule has 0 unspecified atom stereocenters. The van der Waals surface area contributed by atoms with Crippen LogP contribution in [0.3, 0.4) is 0 Å². The lowest BCUT2D eigenvalue weighted by Gasteiger charge is -2.18. The number of nitrogens with zero attached hydrogens (tertiary/aromatic N) is 1. The van der Waals surface area contributed by atoms with Crippen molar-refractivity contribution in [2.24, 2.45) is 0 Å². The predicted molar refractivity (Wildman–Crippen MR) is 117 cm³/mol. The molecule has 0 aliphatic heterocycles. The lowest BCUT2D eigenvalue weighted by molar-refractivity contribution is 0.580. The third-order valence-corrected chi connectivity index (χ3v) is 7.37. The average Bonchev–Trinajstić information content (AvgIpc) is 2.74. The van der Waals surface area contributed by atoms with E-state index in [4.69, 9.17) is 11.6 Å². The summed E-state index contributed by atoms with van der Waals surface area (Å²) in [6.45, 7) is 1.85. The van der Waals surface area contributed by atoms with Crippen LogP contribution in [0, 0.1) is 6.92 Å². The van der Waals surface area contributed by atoms with Crippen molar-refractivity contribution < 1.29 is 8.42 Å². The zero-order valence-electron chi connectivity index (χ0n) is 16.5. The molecular formula is C22H22ClN3O3S. The van der Waals surface area contributed by atoms with E-state index in [1.165, 1.54) is 0 Å². The summed E-state index contributed by atoms with van der Waals surface area (Å²) in [5, 5.41) is 7.33. The summed E-state index contributed by atoms with van der Waals surface area (Å²) in [5.74, 6) is 0. The topological polar surface area (TPSA) is 91.9 Å². The Morgan fingerprint density at radius 3 is 2.60 bits per heavy atom. The fraction of sp³-hybridized carbons (Fsp3) is 0.273. The van der Waals surface area contributed by atoms with Crippen LogP contribution in [0.1, 0.15) is 35.1 Å². The predicted octanol–water partition coefficient (Wildman–Crippen LogP) is 3.76. The summed E-state index contributed by atoms with van der Waals surface area (Å²) in [6, 6.07) is 12.4. The van der Waals surface area contributed by atoms with E-state index in [0.29, 0.717) is 27.4 Å². The van der Waals surface area contributed by atoms with Crippen LogP contribution in [0.5, 0.6) is 0 Å². The second-order valence-electron chi connectivity index (χ2n) is 7.46. The fourth-order valence-electron chi connectivity index (χ4n) is 3.83. The lowest BCUT2D eigenvalue weighted by atomic mass is 9.90. The van der Waals surface area contributed by atoms with Crippen molar-refractivity contribution in [1.82, 2.24) is 14.9 Å². The first-order chi connectivity index (χ1) is 14.4. The number of rotatable bonds is 5. The van der Waals surface area contributed by atoms with Gasteiger partial charge in [-0.2, -0.15) is 5.10 Å². The molecule has 1 aliphatic rings. The van der Waals surface area contributed by atoms with Gasteiger partial charge in [0.15, 0.2) is 0 Å². The van der Waals surface area contributed by atoms with Gasteiger partial charge in [-0.05, 0) is 61.4 Å². The number of fused-ring (bicyclic) bond motifs is 1. The Kier molecular flexibility index (Phi) is 5.77. The minimum atomic E-state index is -3.77. The van der Waals surface area contributed by atoms with Gasteiger partial charge in [0.1, 0.15) is 0 Å². The summed E-state index contributed by atoms with van der Waals surface area (Å²) in [4.78, 5) is 12.3. The average molecular weight is 444 g/mol. The van der Waals surface area contributed by atoms with E-state index < -0.39 is 10.0 Å². The minimum Gasteiger partial charge on any atom is -0.268 e. The molecule has 2 aromatic carbocycles. The van der Waals surface area contributed by atoms with Gasteiger partial charge in [0, 0.05) is 22.7 Å². The van der Waals surface area contributed by atoms with Gasteiger partial charge >= 0.3 is 0 Å². The Labute approximate surface area is 180 Å². The third kappa shape index (κ3) is 4.05. The quantitative estimate of drug-likeness (QED) is 0.628. The van der Waals surface area contributed by atoms with Crippen LogP contribution < -0.4 is 10.3 Å². The van der Waals surface area contributed by atoms with Gasteiger partial charge in [-0.3, -0.25) is 4.79 Å². The second kappa shape index (κ2) is 8.34. The standard InChI is InChI=1S/C22H22ClN3O3S/c1-14-10-11-15(21-17-7-3-4-8-18(17)22(27)26-25-21)12-20(14)30(28,29)24-13-16-6-2-5-9-19(16)23/h2,5-6,9-12,24H,3-4,7-8,13H2,1H3,(H,26,27). The van der Waals surface area contributed by atoms with Gasteiger partial charge < -0.3 is 0 Å². The number of aromatic nitrogens is 2. The summed E-state index contributed by atoms with van der Waals surface area (Å²) in [7, 11) is -3.77. The smallest absolute Gasteiger partial charge is 0.267 e. The number of aromatic amines is 1. The molecule has 8 heteroatoms. The molecule has 156 valence electrons. The van der Waals surface area contributed by atoms with E-state index in [9.17, 15) is 13.2 Å². The highest BCUT2D eigenvalue weighted by atomic mass is 35.5. The summed E-state index contributed by atoms with van der Waals surface area (Å²) in [5.41, 5.74) is 4.17. The fourth-order valence-corrected chi connectivity index (χ4v) is 5.30. The first-order valence-electron chi connectivity index (χ1n) is 9.81. The Morgan fingerprint density at radius 1 is 1.10 bits per heavy atom. The normalized spacial score (nSPS) is 13.8. The molecule has 0 atom stereocenters. The van der Waals surface area contributed by atoms with Crippen LogP contribution in [0.25, 0.3) is 11.3 Å². The molecule has 6 nitrogen and oxygen atoms in total. The zero-order valence-corrected chi connectivity index (χ0v) is 18.1. The van der Waals surface area contributed by atoms with Crippen LogP contribution in [-0.4, -0.2) is 18.6 Å². The molecule has 1 aliphatic carbocycles. The minimum absolute atomic E-state index is 0.0952. The van der Waals surface area contributed by atoms with Crippen molar-refractivity contribution in [2.75, 3.05) is 0 Å². The highest BCUT2D eigenvalue weighted by Crippen LogP contribution is 2.30. The van der Waals surface area contributed by atoms with Crippen LogP contribution in [0.2, 0.25) is 5.02 Å². The Morgan fingerprint density at radius 2 is 1.83 bits per heavy atom. The Balaban J connectivity index is 1.71. The highest BCUT2D eigenvalue weighted by molar-refractivity contribution is 7.89. The zero-order chi connectivity index (χ0) is 21.3. The van der Waals surface area contributed by atoms with Crippen molar-refractivity contribution in [3.8, 4) is 11.3 Å². The molecule has 2 N–H and O–H groups in total. The van der Waals surface area contributed by atoms with E-state index in [1.807, 2.05) is 12.1 Å². The first kappa shape index (κ1) is 20.8. The number of H-pyrrole nitrogens is 1. The van der Waals surface area contributed by atoms with Crippen molar-refractivity contribution >= 4 is 21.6 Å². The molecule has 0 saturated heterocycles. The van der Waals surface area contributed by atoms with Crippen molar-refractivity contribution in [3.05, 3.63) is 80.1 Å². The lowest BCUT2D eigenvalue weighted by Crippen LogP contribution is -2.24. The maximum atomic E-state index is 13.0. The van der Waals surface area contributed by atoms with Gasteiger partial charge in [-0.25, -0.2) is 18.2 Å². The number of benzene rings is 2. The molecule has 1 heterocycles. The molecule has 0 spiro atoms. The van der Waals surface area contributed by atoms with Crippen molar-refractivity contribution in [1.29, 1.82) is 0 Å². The van der Waals surface area contributed by atoms with Crippen molar-refractivity contribution in [3.63, 3.8) is 0 Å². The van der Waals surface area contributed by atoms with Crippen LogP contribution in [-0.2, 0) is 29.4 Å². The number of nitrogens with one attached hydrogen (secondary N) is 2.